The second kappa shape index (κ2) is 7.17. The number of pyridine rings is 1. The van der Waals surface area contributed by atoms with Crippen LogP contribution < -0.4 is 10.6 Å². The van der Waals surface area contributed by atoms with Crippen molar-refractivity contribution in [3.05, 3.63) is 24.4 Å². The molecule has 0 amide bonds. The van der Waals surface area contributed by atoms with Gasteiger partial charge in [-0.1, -0.05) is 6.07 Å². The van der Waals surface area contributed by atoms with Gasteiger partial charge in [-0.15, -0.1) is 0 Å². The van der Waals surface area contributed by atoms with Crippen LogP contribution >= 0.6 is 0 Å². The van der Waals surface area contributed by atoms with Gasteiger partial charge in [0.2, 0.25) is 0 Å². The van der Waals surface area contributed by atoms with Gasteiger partial charge in [-0.3, -0.25) is 4.90 Å². The lowest BCUT2D eigenvalue weighted by Gasteiger charge is -2.48. The Bertz CT molecular complexity index is 419. The molecule has 2 rings (SSSR count). The lowest BCUT2D eigenvalue weighted by molar-refractivity contribution is -0.181. The Morgan fingerprint density at radius 2 is 1.90 bits per heavy atom. The monoisotopic (exact) mass is 294 g/mol. The second-order valence-corrected chi connectivity index (χ2v) is 5.53. The third-order valence-corrected chi connectivity index (χ3v) is 4.32. The quantitative estimate of drug-likeness (QED) is 0.773. The van der Waals surface area contributed by atoms with E-state index in [1.807, 2.05) is 24.4 Å². The van der Waals surface area contributed by atoms with Crippen molar-refractivity contribution >= 4 is 5.82 Å². The first kappa shape index (κ1) is 16.2. The molecule has 1 aromatic heterocycles. The van der Waals surface area contributed by atoms with E-state index in [0.29, 0.717) is 6.54 Å². The van der Waals surface area contributed by atoms with Crippen molar-refractivity contribution in [2.24, 2.45) is 5.73 Å². The van der Waals surface area contributed by atoms with Gasteiger partial charge in [-0.05, 0) is 19.1 Å². The van der Waals surface area contributed by atoms with Crippen molar-refractivity contribution < 1.29 is 9.47 Å². The minimum atomic E-state index is -0.330. The number of nitrogens with zero attached hydrogens (tertiary/aromatic N) is 3. The average Bonchev–Trinajstić information content (AvgIpc) is 2.56. The van der Waals surface area contributed by atoms with Gasteiger partial charge in [0, 0.05) is 53.1 Å². The first-order valence-corrected chi connectivity index (χ1v) is 7.32. The summed E-state index contributed by atoms with van der Waals surface area (Å²) in [6.45, 7) is 6.25. The first-order valence-electron chi connectivity index (χ1n) is 7.32. The van der Waals surface area contributed by atoms with Crippen molar-refractivity contribution in [1.29, 1.82) is 0 Å². The van der Waals surface area contributed by atoms with Gasteiger partial charge in [-0.25, -0.2) is 4.98 Å². The summed E-state index contributed by atoms with van der Waals surface area (Å²) >= 11 is 0. The summed E-state index contributed by atoms with van der Waals surface area (Å²) in [5.74, 6) is 1.03. The predicted molar refractivity (Wildman–Crippen MR) is 83.3 cm³/mol. The van der Waals surface area contributed by atoms with Crippen LogP contribution in [0.25, 0.3) is 0 Å². The maximum absolute atomic E-state index is 6.01. The van der Waals surface area contributed by atoms with Crippen LogP contribution in [-0.2, 0) is 9.47 Å². The molecule has 1 aliphatic rings. The van der Waals surface area contributed by atoms with Gasteiger partial charge < -0.3 is 20.1 Å². The Balaban J connectivity index is 2.02. The number of nitrogens with two attached hydrogens (primary N) is 1. The Kier molecular flexibility index (Phi) is 5.52. The molecule has 2 N–H and O–H groups in total. The van der Waals surface area contributed by atoms with Crippen molar-refractivity contribution in [1.82, 2.24) is 9.88 Å². The highest BCUT2D eigenvalue weighted by Gasteiger charge is 2.40. The summed E-state index contributed by atoms with van der Waals surface area (Å²) in [7, 11) is 3.32. The van der Waals surface area contributed by atoms with Gasteiger partial charge in [0.1, 0.15) is 5.82 Å². The fraction of sp³-hybridized carbons (Fsp3) is 0.667. The van der Waals surface area contributed by atoms with Crippen LogP contribution in [-0.4, -0.2) is 68.7 Å². The molecule has 0 aliphatic carbocycles. The molecule has 0 aromatic carbocycles. The van der Waals surface area contributed by atoms with Gasteiger partial charge in [0.05, 0.1) is 5.54 Å². The molecule has 1 saturated heterocycles. The average molecular weight is 294 g/mol. The molecule has 0 bridgehead atoms. The molecular formula is C15H26N4O2. The third kappa shape index (κ3) is 3.35. The number of aromatic nitrogens is 1. The lowest BCUT2D eigenvalue weighted by Crippen LogP contribution is -2.64. The molecule has 21 heavy (non-hydrogen) atoms. The number of hydrogen-bond acceptors (Lipinski definition) is 6. The van der Waals surface area contributed by atoms with Crippen LogP contribution in [0.5, 0.6) is 0 Å². The van der Waals surface area contributed by atoms with E-state index >= 15 is 0 Å². The van der Waals surface area contributed by atoms with Crippen LogP contribution in [0, 0.1) is 0 Å². The van der Waals surface area contributed by atoms with E-state index in [4.69, 9.17) is 15.2 Å². The van der Waals surface area contributed by atoms with Crippen LogP contribution in [0.4, 0.5) is 5.82 Å². The largest absolute Gasteiger partial charge is 0.354 e. The van der Waals surface area contributed by atoms with Crippen LogP contribution in [0.1, 0.15) is 6.92 Å². The number of piperazine rings is 1. The summed E-state index contributed by atoms with van der Waals surface area (Å²) in [5.41, 5.74) is 5.69. The minimum absolute atomic E-state index is 0.320. The van der Waals surface area contributed by atoms with Gasteiger partial charge in [-0.2, -0.15) is 0 Å². The highest BCUT2D eigenvalue weighted by molar-refractivity contribution is 5.38. The van der Waals surface area contributed by atoms with E-state index in [9.17, 15) is 0 Å². The summed E-state index contributed by atoms with van der Waals surface area (Å²) in [6, 6.07) is 6.00. The van der Waals surface area contributed by atoms with Crippen molar-refractivity contribution in [2.75, 3.05) is 51.8 Å². The van der Waals surface area contributed by atoms with Gasteiger partial charge in [0.15, 0.2) is 6.29 Å². The van der Waals surface area contributed by atoms with Crippen molar-refractivity contribution in [3.63, 3.8) is 0 Å². The number of ether oxygens (including phenoxy) is 2. The molecule has 0 radical (unpaired) electrons. The molecule has 1 unspecified atom stereocenters. The Labute approximate surface area is 126 Å². The predicted octanol–water partition coefficient (Wildman–Crippen LogP) is 0.540. The maximum atomic E-state index is 6.01. The van der Waals surface area contributed by atoms with E-state index in [1.165, 1.54) is 0 Å². The standard InChI is InChI=1S/C15H26N4O2/c1-15(12-16,14(20-2)21-3)19-10-8-18(9-11-19)13-6-4-5-7-17-13/h4-7,14H,8-12,16H2,1-3H3. The van der Waals surface area contributed by atoms with Crippen LogP contribution in [0.3, 0.4) is 0 Å². The zero-order chi connectivity index (χ0) is 15.3. The fourth-order valence-electron chi connectivity index (χ4n) is 2.97. The third-order valence-electron chi connectivity index (χ3n) is 4.32. The molecule has 0 spiro atoms. The summed E-state index contributed by atoms with van der Waals surface area (Å²) < 4.78 is 10.9. The van der Waals surface area contributed by atoms with Gasteiger partial charge >= 0.3 is 0 Å². The maximum Gasteiger partial charge on any atom is 0.176 e. The number of hydrogen-bond donors (Lipinski definition) is 1. The molecule has 0 saturated carbocycles. The van der Waals surface area contributed by atoms with Gasteiger partial charge in [0.25, 0.3) is 0 Å². The normalized spacial score (nSPS) is 19.8. The highest BCUT2D eigenvalue weighted by atomic mass is 16.7. The van der Waals surface area contributed by atoms with E-state index < -0.39 is 0 Å². The molecule has 1 atom stereocenters. The van der Waals surface area contributed by atoms with E-state index in [0.717, 1.165) is 32.0 Å². The highest BCUT2D eigenvalue weighted by Crippen LogP contribution is 2.24. The molecule has 6 nitrogen and oxygen atoms in total. The van der Waals surface area contributed by atoms with E-state index in [2.05, 4.69) is 21.7 Å². The van der Waals surface area contributed by atoms with Crippen LogP contribution in [0.15, 0.2) is 24.4 Å². The molecule has 1 aliphatic heterocycles. The second-order valence-electron chi connectivity index (χ2n) is 5.53. The molecule has 6 heteroatoms. The van der Waals surface area contributed by atoms with Crippen LogP contribution in [0.2, 0.25) is 0 Å². The summed E-state index contributed by atoms with van der Waals surface area (Å²) in [6.07, 6.45) is 1.50. The topological polar surface area (TPSA) is 63.9 Å². The molecule has 1 aromatic rings. The molecule has 1 fully saturated rings. The molecule has 118 valence electrons. The SMILES string of the molecule is COC(OC)C(C)(CN)N1CCN(c2ccccn2)CC1. The summed E-state index contributed by atoms with van der Waals surface area (Å²) in [4.78, 5) is 9.06. The number of methoxy groups -OCH3 is 2. The Morgan fingerprint density at radius 3 is 2.38 bits per heavy atom. The summed E-state index contributed by atoms with van der Waals surface area (Å²) in [5, 5.41) is 0. The van der Waals surface area contributed by atoms with E-state index in [1.54, 1.807) is 14.2 Å². The van der Waals surface area contributed by atoms with Crippen molar-refractivity contribution in [2.45, 2.75) is 18.8 Å². The Morgan fingerprint density at radius 1 is 1.24 bits per heavy atom. The lowest BCUT2D eigenvalue weighted by atomic mass is 9.97. The van der Waals surface area contributed by atoms with Crippen molar-refractivity contribution in [3.8, 4) is 0 Å². The number of anilines is 1. The Hall–Kier alpha value is -1.21. The number of rotatable bonds is 6. The molecule has 2 heterocycles. The fourth-order valence-corrected chi connectivity index (χ4v) is 2.97. The zero-order valence-electron chi connectivity index (χ0n) is 13.2. The minimum Gasteiger partial charge on any atom is -0.354 e. The first-order chi connectivity index (χ1) is 10.2. The molecular weight excluding hydrogens is 268 g/mol. The van der Waals surface area contributed by atoms with E-state index in [-0.39, 0.29) is 11.8 Å². The smallest absolute Gasteiger partial charge is 0.176 e. The zero-order valence-corrected chi connectivity index (χ0v) is 13.2.